The molecule has 2 saturated heterocycles. The van der Waals surface area contributed by atoms with Gasteiger partial charge in [-0.05, 0) is 71.4 Å². The van der Waals surface area contributed by atoms with Crippen molar-refractivity contribution in [2.24, 2.45) is 5.41 Å². The highest BCUT2D eigenvalue weighted by Gasteiger charge is 2.43. The highest BCUT2D eigenvalue weighted by atomic mass is 19.1. The van der Waals surface area contributed by atoms with Gasteiger partial charge in [0.25, 0.3) is 0 Å². The Morgan fingerprint density at radius 3 is 2.51 bits per heavy atom. The molecule has 1 amide bonds. The molecule has 0 spiro atoms. The quantitative estimate of drug-likeness (QED) is 0.378. The SMILES string of the molecule is CN(C)CCCNc1nccc(-c2[nH]c(C3OCC(C)(C(=O)N4CCN(C)CC4)CO3)nc2-c2ccc(F)cc2)n1. The number of hydrogen-bond donors (Lipinski definition) is 2. The molecule has 2 N–H and O–H groups in total. The van der Waals surface area contributed by atoms with Gasteiger partial charge in [-0.2, -0.15) is 0 Å². The van der Waals surface area contributed by atoms with Gasteiger partial charge in [0.2, 0.25) is 18.1 Å². The lowest BCUT2D eigenvalue weighted by Gasteiger charge is -2.41. The van der Waals surface area contributed by atoms with E-state index >= 15 is 0 Å². The number of imidazole rings is 1. The highest BCUT2D eigenvalue weighted by Crippen LogP contribution is 2.36. The number of amides is 1. The first kappa shape index (κ1) is 29.1. The van der Waals surface area contributed by atoms with Crippen LogP contribution in [0.1, 0.15) is 25.5 Å². The largest absolute Gasteiger partial charge is 0.354 e. The molecule has 2 fully saturated rings. The number of ether oxygens (including phenoxy) is 2. The van der Waals surface area contributed by atoms with Crippen molar-refractivity contribution < 1.29 is 18.7 Å². The number of anilines is 1. The van der Waals surface area contributed by atoms with E-state index in [4.69, 9.17) is 19.4 Å². The summed E-state index contributed by atoms with van der Waals surface area (Å²) in [5.41, 5.74) is 1.79. The molecule has 41 heavy (non-hydrogen) atoms. The molecule has 12 heteroatoms. The fourth-order valence-electron chi connectivity index (χ4n) is 4.97. The number of piperazine rings is 1. The fraction of sp³-hybridized carbons (Fsp3) is 0.517. The second-order valence-electron chi connectivity index (χ2n) is 11.3. The van der Waals surface area contributed by atoms with E-state index in [0.717, 1.165) is 32.6 Å². The zero-order valence-corrected chi connectivity index (χ0v) is 24.2. The van der Waals surface area contributed by atoms with E-state index in [0.29, 0.717) is 47.5 Å². The average Bonchev–Trinajstić information content (AvgIpc) is 3.42. The molecule has 0 unspecified atom stereocenters. The Morgan fingerprint density at radius 2 is 1.83 bits per heavy atom. The molecule has 0 radical (unpaired) electrons. The van der Waals surface area contributed by atoms with Gasteiger partial charge in [-0.1, -0.05) is 0 Å². The summed E-state index contributed by atoms with van der Waals surface area (Å²) in [6, 6.07) is 7.94. The van der Waals surface area contributed by atoms with Gasteiger partial charge in [0, 0.05) is 44.5 Å². The number of benzene rings is 1. The third kappa shape index (κ3) is 6.89. The molecule has 0 bridgehead atoms. The molecule has 0 saturated carbocycles. The van der Waals surface area contributed by atoms with E-state index in [-0.39, 0.29) is 24.9 Å². The zero-order chi connectivity index (χ0) is 29.0. The minimum absolute atomic E-state index is 0.0442. The second-order valence-corrected chi connectivity index (χ2v) is 11.3. The number of carbonyl (C=O) groups excluding carboxylic acids is 1. The number of hydrogen-bond acceptors (Lipinski definition) is 9. The van der Waals surface area contributed by atoms with E-state index in [1.165, 1.54) is 12.1 Å². The smallest absolute Gasteiger partial charge is 0.233 e. The Kier molecular flexibility index (Phi) is 8.93. The summed E-state index contributed by atoms with van der Waals surface area (Å²) in [6.45, 7) is 7.08. The maximum atomic E-state index is 13.7. The molecule has 1 aromatic carbocycles. The number of carbonyl (C=O) groups is 1. The molecule has 4 heterocycles. The van der Waals surface area contributed by atoms with Gasteiger partial charge in [0.05, 0.1) is 35.7 Å². The summed E-state index contributed by atoms with van der Waals surface area (Å²) in [5, 5.41) is 3.28. The topological polar surface area (TPSA) is 112 Å². The van der Waals surface area contributed by atoms with Crippen LogP contribution >= 0.6 is 0 Å². The summed E-state index contributed by atoms with van der Waals surface area (Å²) in [7, 11) is 6.13. The third-order valence-corrected chi connectivity index (χ3v) is 7.45. The highest BCUT2D eigenvalue weighted by molar-refractivity contribution is 5.83. The van der Waals surface area contributed by atoms with Crippen molar-refractivity contribution in [3.63, 3.8) is 0 Å². The number of nitrogens with one attached hydrogen (secondary N) is 2. The lowest BCUT2D eigenvalue weighted by Crippen LogP contribution is -2.55. The van der Waals surface area contributed by atoms with Gasteiger partial charge in [0.1, 0.15) is 5.82 Å². The van der Waals surface area contributed by atoms with Crippen LogP contribution in [-0.2, 0) is 14.3 Å². The normalized spacial score (nSPS) is 21.8. The molecule has 0 atom stereocenters. The summed E-state index contributed by atoms with van der Waals surface area (Å²) in [4.78, 5) is 36.8. The molecule has 3 aromatic rings. The number of aromatic nitrogens is 4. The van der Waals surface area contributed by atoms with Crippen LogP contribution in [0.5, 0.6) is 0 Å². The van der Waals surface area contributed by atoms with Gasteiger partial charge in [-0.15, -0.1) is 0 Å². The van der Waals surface area contributed by atoms with Crippen molar-refractivity contribution >= 4 is 11.9 Å². The molecule has 2 aliphatic rings. The Hall–Kier alpha value is -3.45. The Labute approximate surface area is 240 Å². The van der Waals surface area contributed by atoms with E-state index in [1.54, 1.807) is 24.4 Å². The van der Waals surface area contributed by atoms with Crippen molar-refractivity contribution in [1.29, 1.82) is 0 Å². The lowest BCUT2D eigenvalue weighted by atomic mass is 9.90. The zero-order valence-electron chi connectivity index (χ0n) is 24.2. The number of likely N-dealkylation sites (N-methyl/N-ethyl adjacent to an activating group) is 1. The first-order chi connectivity index (χ1) is 19.7. The number of rotatable bonds is 9. The van der Waals surface area contributed by atoms with Crippen molar-refractivity contribution in [1.82, 2.24) is 34.6 Å². The minimum atomic E-state index is -0.790. The minimum Gasteiger partial charge on any atom is -0.354 e. The molecular weight excluding hydrogens is 527 g/mol. The van der Waals surface area contributed by atoms with Gasteiger partial charge >= 0.3 is 0 Å². The second kappa shape index (κ2) is 12.6. The van der Waals surface area contributed by atoms with E-state index < -0.39 is 11.7 Å². The third-order valence-electron chi connectivity index (χ3n) is 7.45. The molecular formula is C29H39FN8O3. The monoisotopic (exact) mass is 566 g/mol. The Balaban J connectivity index is 1.35. The number of halogens is 1. The van der Waals surface area contributed by atoms with Crippen LogP contribution in [0.25, 0.3) is 22.6 Å². The summed E-state index contributed by atoms with van der Waals surface area (Å²) in [6.07, 6.45) is 1.85. The molecule has 220 valence electrons. The van der Waals surface area contributed by atoms with Crippen molar-refractivity contribution in [2.75, 3.05) is 78.9 Å². The number of aromatic amines is 1. The van der Waals surface area contributed by atoms with Crippen LogP contribution in [0.3, 0.4) is 0 Å². The lowest BCUT2D eigenvalue weighted by molar-refractivity contribution is -0.234. The van der Waals surface area contributed by atoms with E-state index in [9.17, 15) is 9.18 Å². The van der Waals surface area contributed by atoms with Gasteiger partial charge in [-0.3, -0.25) is 4.79 Å². The first-order valence-electron chi connectivity index (χ1n) is 14.0. The molecule has 2 aliphatic heterocycles. The Morgan fingerprint density at radius 1 is 1.12 bits per heavy atom. The van der Waals surface area contributed by atoms with Crippen LogP contribution in [0.15, 0.2) is 36.5 Å². The van der Waals surface area contributed by atoms with Gasteiger partial charge in [0.15, 0.2) is 5.82 Å². The first-order valence-corrected chi connectivity index (χ1v) is 14.0. The summed E-state index contributed by atoms with van der Waals surface area (Å²) < 4.78 is 25.9. The maximum absolute atomic E-state index is 13.7. The van der Waals surface area contributed by atoms with Crippen LogP contribution in [-0.4, -0.2) is 114 Å². The number of H-pyrrole nitrogens is 1. The molecule has 11 nitrogen and oxygen atoms in total. The van der Waals surface area contributed by atoms with Gasteiger partial charge < -0.3 is 34.5 Å². The van der Waals surface area contributed by atoms with Crippen LogP contribution in [0, 0.1) is 11.2 Å². The average molecular weight is 567 g/mol. The number of nitrogens with zero attached hydrogens (tertiary/aromatic N) is 6. The Bertz CT molecular complexity index is 1320. The summed E-state index contributed by atoms with van der Waals surface area (Å²) in [5.74, 6) is 0.668. The molecule has 5 rings (SSSR count). The molecule has 0 aliphatic carbocycles. The van der Waals surface area contributed by atoms with Gasteiger partial charge in [-0.25, -0.2) is 19.3 Å². The predicted octanol–water partition coefficient (Wildman–Crippen LogP) is 2.86. The van der Waals surface area contributed by atoms with Crippen LogP contribution < -0.4 is 5.32 Å². The standard InChI is InChI=1S/C29H39FN8O3/c1-29(27(39)38-16-14-37(4)15-17-38)18-40-26(41-19-29)25-34-23(20-6-8-21(30)9-7-20)24(35-25)22-10-12-32-28(33-22)31-11-5-13-36(2)3/h6-10,12,26H,5,11,13-19H2,1-4H3,(H,34,35)(H,31,32,33). The van der Waals surface area contributed by atoms with Crippen molar-refractivity contribution in [3.05, 3.63) is 48.2 Å². The van der Waals surface area contributed by atoms with Crippen LogP contribution in [0.4, 0.5) is 10.3 Å². The van der Waals surface area contributed by atoms with Crippen molar-refractivity contribution in [3.8, 4) is 22.6 Å². The molecule has 2 aromatic heterocycles. The predicted molar refractivity (Wildman–Crippen MR) is 153 cm³/mol. The maximum Gasteiger partial charge on any atom is 0.233 e. The van der Waals surface area contributed by atoms with E-state index in [1.807, 2.05) is 25.9 Å². The van der Waals surface area contributed by atoms with Crippen molar-refractivity contribution in [2.45, 2.75) is 19.6 Å². The van der Waals surface area contributed by atoms with Crippen LogP contribution in [0.2, 0.25) is 0 Å². The summed E-state index contributed by atoms with van der Waals surface area (Å²) >= 11 is 0. The fourth-order valence-corrected chi connectivity index (χ4v) is 4.97. The van der Waals surface area contributed by atoms with E-state index in [2.05, 4.69) is 32.1 Å².